The summed E-state index contributed by atoms with van der Waals surface area (Å²) >= 11 is 1.30. The number of carbonyl (C=O) groups is 1. The number of thiazole rings is 1. The maximum atomic E-state index is 13.3. The van der Waals surface area contributed by atoms with Crippen LogP contribution in [0.3, 0.4) is 0 Å². The number of hydrogen-bond donors (Lipinski definition) is 3. The van der Waals surface area contributed by atoms with Crippen LogP contribution >= 0.6 is 11.3 Å². The van der Waals surface area contributed by atoms with Crippen LogP contribution in [0, 0.1) is 5.92 Å². The Morgan fingerprint density at radius 1 is 1.08 bits per heavy atom. The number of fused-ring (bicyclic) bond motifs is 1. The van der Waals surface area contributed by atoms with Gasteiger partial charge in [-0.2, -0.15) is 0 Å². The quantitative estimate of drug-likeness (QED) is 0.355. The number of nitrogens with one attached hydrogen (secondary N) is 2. The Kier molecular flexibility index (Phi) is 8.28. The van der Waals surface area contributed by atoms with Crippen molar-refractivity contribution in [1.29, 1.82) is 0 Å². The summed E-state index contributed by atoms with van der Waals surface area (Å²) < 4.78 is 29.3. The number of nitrogens with zero attached hydrogens (tertiary/aromatic N) is 2. The summed E-state index contributed by atoms with van der Waals surface area (Å²) in [4.78, 5) is 23.1. The Bertz CT molecular complexity index is 1410. The van der Waals surface area contributed by atoms with Crippen LogP contribution < -0.4 is 10.0 Å². The van der Waals surface area contributed by atoms with Crippen LogP contribution in [-0.2, 0) is 16.4 Å². The topological polar surface area (TPSA) is 121 Å². The van der Waals surface area contributed by atoms with Crippen LogP contribution in [0.15, 0.2) is 35.5 Å². The molecule has 8 nitrogen and oxygen atoms in total. The van der Waals surface area contributed by atoms with Crippen molar-refractivity contribution < 1.29 is 18.3 Å². The molecule has 10 heteroatoms. The largest absolute Gasteiger partial charge is 0.389 e. The SMILES string of the molecule is CC(C)(O)CNC(=O)c1nc(CC2CCCCC2)c(-c2ccc(S(=O)(=O)NC(C)(C)C)c3ccncc23)s1. The minimum atomic E-state index is -3.78. The Hall–Kier alpha value is -2.40. The van der Waals surface area contributed by atoms with E-state index in [9.17, 15) is 18.3 Å². The van der Waals surface area contributed by atoms with Crippen molar-refractivity contribution in [2.75, 3.05) is 6.54 Å². The molecule has 0 atom stereocenters. The third-order valence-corrected chi connectivity index (χ3v) is 9.48. The third-order valence-electron chi connectivity index (χ3n) is 6.53. The molecule has 38 heavy (non-hydrogen) atoms. The molecule has 0 unspecified atom stereocenters. The summed E-state index contributed by atoms with van der Waals surface area (Å²) in [7, 11) is -3.78. The second-order valence-corrected chi connectivity index (χ2v) is 14.5. The lowest BCUT2D eigenvalue weighted by Crippen LogP contribution is -2.40. The van der Waals surface area contributed by atoms with Crippen molar-refractivity contribution in [3.05, 3.63) is 41.3 Å². The average Bonchev–Trinajstić information content (AvgIpc) is 3.24. The van der Waals surface area contributed by atoms with Crippen LogP contribution in [0.4, 0.5) is 0 Å². The lowest BCUT2D eigenvalue weighted by molar-refractivity contribution is 0.0694. The van der Waals surface area contributed by atoms with Crippen LogP contribution in [0.1, 0.15) is 82.2 Å². The number of aliphatic hydroxyl groups is 1. The van der Waals surface area contributed by atoms with Crippen LogP contribution in [-0.4, -0.2) is 47.1 Å². The highest BCUT2D eigenvalue weighted by molar-refractivity contribution is 7.89. The van der Waals surface area contributed by atoms with E-state index in [-0.39, 0.29) is 17.3 Å². The second-order valence-electron chi connectivity index (χ2n) is 11.9. The van der Waals surface area contributed by atoms with Gasteiger partial charge in [0.2, 0.25) is 10.0 Å². The van der Waals surface area contributed by atoms with Crippen molar-refractivity contribution >= 4 is 38.0 Å². The van der Waals surface area contributed by atoms with E-state index in [1.807, 2.05) is 20.8 Å². The normalized spacial score (nSPS) is 15.6. The van der Waals surface area contributed by atoms with E-state index in [1.54, 1.807) is 44.4 Å². The smallest absolute Gasteiger partial charge is 0.280 e. The first-order valence-corrected chi connectivity index (χ1v) is 15.4. The Morgan fingerprint density at radius 3 is 2.45 bits per heavy atom. The van der Waals surface area contributed by atoms with Gasteiger partial charge in [0.05, 0.1) is 21.1 Å². The molecule has 1 saturated carbocycles. The third kappa shape index (κ3) is 6.97. The monoisotopic (exact) mass is 558 g/mol. The minimum Gasteiger partial charge on any atom is -0.389 e. The van der Waals surface area contributed by atoms with Gasteiger partial charge >= 0.3 is 0 Å². The van der Waals surface area contributed by atoms with Crippen molar-refractivity contribution in [1.82, 2.24) is 20.0 Å². The van der Waals surface area contributed by atoms with Gasteiger partial charge in [0.25, 0.3) is 5.91 Å². The first-order chi connectivity index (χ1) is 17.7. The molecule has 206 valence electrons. The van der Waals surface area contributed by atoms with Crippen molar-refractivity contribution in [2.45, 2.75) is 89.2 Å². The number of rotatable bonds is 8. The van der Waals surface area contributed by atoms with Crippen LogP contribution in [0.2, 0.25) is 0 Å². The van der Waals surface area contributed by atoms with Gasteiger partial charge in [-0.1, -0.05) is 38.2 Å². The van der Waals surface area contributed by atoms with E-state index in [0.717, 1.165) is 35.4 Å². The fourth-order valence-corrected chi connectivity index (χ4v) is 7.57. The summed E-state index contributed by atoms with van der Waals surface area (Å²) in [6.07, 6.45) is 9.95. The van der Waals surface area contributed by atoms with E-state index in [0.29, 0.717) is 21.7 Å². The molecule has 1 aliphatic carbocycles. The van der Waals surface area contributed by atoms with E-state index in [4.69, 9.17) is 4.98 Å². The molecule has 0 radical (unpaired) electrons. The standard InChI is InChI=1S/C28H38N4O4S2/c1-27(2,3)32-38(35,36)23-12-11-20(21-16-29-14-13-19(21)23)24-22(15-18-9-7-6-8-10-18)31-26(37-24)25(33)30-17-28(4,5)34/h11-14,16,18,32,34H,6-10,15,17H2,1-5H3,(H,30,33). The summed E-state index contributed by atoms with van der Waals surface area (Å²) in [5.41, 5.74) is -0.00513. The molecule has 4 rings (SSSR count). The lowest BCUT2D eigenvalue weighted by atomic mass is 9.85. The van der Waals surface area contributed by atoms with Gasteiger partial charge < -0.3 is 10.4 Å². The molecule has 3 N–H and O–H groups in total. The number of benzene rings is 1. The van der Waals surface area contributed by atoms with Gasteiger partial charge in [-0.05, 0) is 59.1 Å². The molecule has 3 aromatic rings. The van der Waals surface area contributed by atoms with Gasteiger partial charge in [0, 0.05) is 40.8 Å². The molecule has 1 fully saturated rings. The highest BCUT2D eigenvalue weighted by atomic mass is 32.2. The highest BCUT2D eigenvalue weighted by Gasteiger charge is 2.27. The van der Waals surface area contributed by atoms with Crippen molar-refractivity contribution in [2.24, 2.45) is 5.92 Å². The zero-order valence-electron chi connectivity index (χ0n) is 22.8. The van der Waals surface area contributed by atoms with Gasteiger partial charge in [0.1, 0.15) is 0 Å². The van der Waals surface area contributed by atoms with Gasteiger partial charge in [0.15, 0.2) is 5.01 Å². The Morgan fingerprint density at radius 2 is 1.79 bits per heavy atom. The molecule has 2 heterocycles. The van der Waals surface area contributed by atoms with E-state index in [1.165, 1.54) is 30.6 Å². The Balaban J connectivity index is 1.81. The molecular weight excluding hydrogens is 520 g/mol. The van der Waals surface area contributed by atoms with Crippen LogP contribution in [0.5, 0.6) is 0 Å². The lowest BCUT2D eigenvalue weighted by Gasteiger charge is -2.22. The van der Waals surface area contributed by atoms with Gasteiger partial charge in [-0.3, -0.25) is 9.78 Å². The average molecular weight is 559 g/mol. The summed E-state index contributed by atoms with van der Waals surface area (Å²) in [5.74, 6) is 0.168. The molecule has 0 spiro atoms. The van der Waals surface area contributed by atoms with Gasteiger partial charge in [-0.15, -0.1) is 11.3 Å². The summed E-state index contributed by atoms with van der Waals surface area (Å²) in [5, 5.41) is 14.4. The molecule has 1 amide bonds. The van der Waals surface area contributed by atoms with Gasteiger partial charge in [-0.25, -0.2) is 18.1 Å². The first-order valence-electron chi connectivity index (χ1n) is 13.1. The second kappa shape index (κ2) is 11.0. The van der Waals surface area contributed by atoms with Crippen molar-refractivity contribution in [3.8, 4) is 10.4 Å². The molecule has 0 aliphatic heterocycles. The summed E-state index contributed by atoms with van der Waals surface area (Å²) in [6.45, 7) is 8.81. The number of aromatic nitrogens is 2. The summed E-state index contributed by atoms with van der Waals surface area (Å²) in [6, 6.07) is 5.15. The van der Waals surface area contributed by atoms with Crippen LogP contribution in [0.25, 0.3) is 21.2 Å². The van der Waals surface area contributed by atoms with E-state index < -0.39 is 21.2 Å². The fourth-order valence-electron chi connectivity index (χ4n) is 4.89. The Labute approximate surface area is 229 Å². The molecule has 0 saturated heterocycles. The number of hydrogen-bond acceptors (Lipinski definition) is 7. The minimum absolute atomic E-state index is 0.110. The number of carbonyl (C=O) groups excluding carboxylic acids is 1. The molecular formula is C28H38N4O4S2. The number of pyridine rings is 1. The molecule has 2 aromatic heterocycles. The maximum Gasteiger partial charge on any atom is 0.280 e. The first kappa shape index (κ1) is 28.6. The van der Waals surface area contributed by atoms with Crippen molar-refractivity contribution in [3.63, 3.8) is 0 Å². The fraction of sp³-hybridized carbons (Fsp3) is 0.536. The highest BCUT2D eigenvalue weighted by Crippen LogP contribution is 2.39. The molecule has 0 bridgehead atoms. The molecule has 1 aromatic carbocycles. The predicted molar refractivity (Wildman–Crippen MR) is 152 cm³/mol. The predicted octanol–water partition coefficient (Wildman–Crippen LogP) is 5.06. The maximum absolute atomic E-state index is 13.3. The molecule has 1 aliphatic rings. The zero-order valence-corrected chi connectivity index (χ0v) is 24.4. The zero-order chi connectivity index (χ0) is 27.7. The van der Waals surface area contributed by atoms with E-state index in [2.05, 4.69) is 15.0 Å². The number of sulfonamides is 1. The van der Waals surface area contributed by atoms with E-state index >= 15 is 0 Å². The number of amides is 1.